The second kappa shape index (κ2) is 8.14. The molecular weight excluding hydrogens is 370 g/mol. The van der Waals surface area contributed by atoms with Crippen LogP contribution in [0.4, 0.5) is 0 Å². The molecule has 0 saturated heterocycles. The Balaban J connectivity index is 1.80. The Bertz CT molecular complexity index is 990. The summed E-state index contributed by atoms with van der Waals surface area (Å²) < 4.78 is 20.9. The molecule has 0 aliphatic heterocycles. The highest BCUT2D eigenvalue weighted by Gasteiger charge is 2.16. The third kappa shape index (κ3) is 4.06. The van der Waals surface area contributed by atoms with Crippen molar-refractivity contribution in [3.63, 3.8) is 0 Å². The molecule has 0 amide bonds. The van der Waals surface area contributed by atoms with Crippen LogP contribution in [0.15, 0.2) is 42.5 Å². The van der Waals surface area contributed by atoms with Crippen molar-refractivity contribution in [2.45, 2.75) is 6.61 Å². The minimum Gasteiger partial charge on any atom is -0.497 e. The molecule has 27 heavy (non-hydrogen) atoms. The van der Waals surface area contributed by atoms with Crippen molar-refractivity contribution >= 4 is 28.5 Å². The first-order valence-corrected chi connectivity index (χ1v) is 8.46. The number of halogens is 1. The number of hydrogen-bond acceptors (Lipinski definition) is 6. The van der Waals surface area contributed by atoms with E-state index in [4.69, 9.17) is 30.5 Å². The van der Waals surface area contributed by atoms with E-state index in [1.54, 1.807) is 31.4 Å². The molecule has 3 aromatic rings. The van der Waals surface area contributed by atoms with Crippen molar-refractivity contribution in [2.75, 3.05) is 21.3 Å². The molecule has 6 nitrogen and oxygen atoms in total. The number of pyridine rings is 1. The van der Waals surface area contributed by atoms with Crippen molar-refractivity contribution in [1.82, 2.24) is 4.98 Å². The van der Waals surface area contributed by atoms with Gasteiger partial charge in [0, 0.05) is 23.1 Å². The second-order valence-electron chi connectivity index (χ2n) is 5.64. The first kappa shape index (κ1) is 18.8. The van der Waals surface area contributed by atoms with Gasteiger partial charge in [0.05, 0.1) is 26.8 Å². The highest BCUT2D eigenvalue weighted by atomic mass is 35.5. The Morgan fingerprint density at radius 3 is 2.37 bits per heavy atom. The monoisotopic (exact) mass is 387 g/mol. The van der Waals surface area contributed by atoms with Gasteiger partial charge in [0.15, 0.2) is 0 Å². The second-order valence-corrected chi connectivity index (χ2v) is 6.00. The van der Waals surface area contributed by atoms with E-state index in [0.717, 1.165) is 5.39 Å². The fourth-order valence-corrected chi connectivity index (χ4v) is 2.78. The van der Waals surface area contributed by atoms with Gasteiger partial charge in [-0.1, -0.05) is 11.6 Å². The minimum absolute atomic E-state index is 0.0121. The van der Waals surface area contributed by atoms with E-state index >= 15 is 0 Å². The molecule has 0 bridgehead atoms. The van der Waals surface area contributed by atoms with Gasteiger partial charge in [-0.05, 0) is 30.3 Å². The van der Waals surface area contributed by atoms with E-state index in [1.807, 2.05) is 18.2 Å². The minimum atomic E-state index is -0.527. The van der Waals surface area contributed by atoms with Crippen molar-refractivity contribution in [3.8, 4) is 17.2 Å². The number of methoxy groups -OCH3 is 3. The quantitative estimate of drug-likeness (QED) is 0.464. The van der Waals surface area contributed by atoms with Crippen molar-refractivity contribution in [3.05, 3.63) is 58.7 Å². The standard InChI is InChI=1S/C20H18ClNO5/c1-24-14-5-4-12-8-13(19(21)22-17(12)9-14)11-27-20(23)16-7-6-15(25-2)10-18(16)26-3/h4-10H,11H2,1-3H3. The van der Waals surface area contributed by atoms with Crippen LogP contribution in [0, 0.1) is 0 Å². The van der Waals surface area contributed by atoms with Crippen LogP contribution in [-0.4, -0.2) is 32.3 Å². The molecule has 1 aromatic heterocycles. The number of nitrogens with zero attached hydrogens (tertiary/aromatic N) is 1. The Kier molecular flexibility index (Phi) is 5.66. The Morgan fingerprint density at radius 1 is 0.963 bits per heavy atom. The predicted molar refractivity (Wildman–Crippen MR) is 102 cm³/mol. The summed E-state index contributed by atoms with van der Waals surface area (Å²) in [6, 6.07) is 12.2. The SMILES string of the molecule is COc1ccc(C(=O)OCc2cc3ccc(OC)cc3nc2Cl)c(OC)c1. The molecule has 0 aliphatic rings. The number of hydrogen-bond donors (Lipinski definition) is 0. The van der Waals surface area contributed by atoms with Crippen molar-refractivity contribution < 1.29 is 23.7 Å². The first-order valence-electron chi connectivity index (χ1n) is 8.08. The van der Waals surface area contributed by atoms with Crippen LogP contribution < -0.4 is 14.2 Å². The van der Waals surface area contributed by atoms with Crippen molar-refractivity contribution in [2.24, 2.45) is 0 Å². The zero-order chi connectivity index (χ0) is 19.4. The lowest BCUT2D eigenvalue weighted by Crippen LogP contribution is -2.08. The normalized spacial score (nSPS) is 10.5. The molecule has 3 rings (SSSR count). The molecule has 0 fully saturated rings. The van der Waals surface area contributed by atoms with Gasteiger partial charge in [0.1, 0.15) is 34.6 Å². The van der Waals surface area contributed by atoms with Crippen molar-refractivity contribution in [1.29, 1.82) is 0 Å². The van der Waals surface area contributed by atoms with Crippen LogP contribution in [0.2, 0.25) is 5.15 Å². The Morgan fingerprint density at radius 2 is 1.67 bits per heavy atom. The Hall–Kier alpha value is -2.99. The average molecular weight is 388 g/mol. The molecule has 2 aromatic carbocycles. The van der Waals surface area contributed by atoms with Gasteiger partial charge >= 0.3 is 5.97 Å². The lowest BCUT2D eigenvalue weighted by atomic mass is 10.1. The molecular formula is C20H18ClNO5. The molecule has 140 valence electrons. The highest BCUT2D eigenvalue weighted by molar-refractivity contribution is 6.30. The fourth-order valence-electron chi connectivity index (χ4n) is 2.58. The summed E-state index contributed by atoms with van der Waals surface area (Å²) in [7, 11) is 4.60. The van der Waals surface area contributed by atoms with Crippen LogP contribution in [0.5, 0.6) is 17.2 Å². The van der Waals surface area contributed by atoms with E-state index in [0.29, 0.717) is 33.9 Å². The van der Waals surface area contributed by atoms with Gasteiger partial charge in [0.2, 0.25) is 0 Å². The Labute approximate surface area is 161 Å². The molecule has 0 atom stereocenters. The number of benzene rings is 2. The topological polar surface area (TPSA) is 66.9 Å². The number of ether oxygens (including phenoxy) is 4. The number of fused-ring (bicyclic) bond motifs is 1. The molecule has 0 radical (unpaired) electrons. The maximum Gasteiger partial charge on any atom is 0.342 e. The predicted octanol–water partition coefficient (Wildman–Crippen LogP) is 4.27. The lowest BCUT2D eigenvalue weighted by molar-refractivity contribution is 0.0469. The molecule has 0 saturated carbocycles. The van der Waals surface area contributed by atoms with E-state index in [2.05, 4.69) is 4.98 Å². The van der Waals surface area contributed by atoms with Crippen LogP contribution >= 0.6 is 11.6 Å². The largest absolute Gasteiger partial charge is 0.497 e. The summed E-state index contributed by atoms with van der Waals surface area (Å²) in [5, 5.41) is 1.14. The first-order chi connectivity index (χ1) is 13.0. The number of esters is 1. The summed E-state index contributed by atoms with van der Waals surface area (Å²) >= 11 is 6.24. The van der Waals surface area contributed by atoms with Gasteiger partial charge in [0.25, 0.3) is 0 Å². The number of carbonyl (C=O) groups is 1. The van der Waals surface area contributed by atoms with E-state index in [9.17, 15) is 4.79 Å². The fraction of sp³-hybridized carbons (Fsp3) is 0.200. The maximum absolute atomic E-state index is 12.4. The summed E-state index contributed by atoms with van der Waals surface area (Å²) in [4.78, 5) is 16.8. The summed E-state index contributed by atoms with van der Waals surface area (Å²) in [6.45, 7) is -0.0121. The molecule has 1 heterocycles. The molecule has 0 spiro atoms. The maximum atomic E-state index is 12.4. The van der Waals surface area contributed by atoms with Gasteiger partial charge < -0.3 is 18.9 Å². The van der Waals surface area contributed by atoms with Crippen LogP contribution in [-0.2, 0) is 11.3 Å². The smallest absolute Gasteiger partial charge is 0.342 e. The number of rotatable bonds is 6. The molecule has 0 N–H and O–H groups in total. The van der Waals surface area contributed by atoms with E-state index in [1.165, 1.54) is 14.2 Å². The van der Waals surface area contributed by atoms with Gasteiger partial charge in [-0.15, -0.1) is 0 Å². The third-order valence-electron chi connectivity index (χ3n) is 4.04. The summed E-state index contributed by atoms with van der Waals surface area (Å²) in [5.41, 5.74) is 1.61. The van der Waals surface area contributed by atoms with E-state index in [-0.39, 0.29) is 11.8 Å². The average Bonchev–Trinajstić information content (AvgIpc) is 2.70. The van der Waals surface area contributed by atoms with Crippen LogP contribution in [0.1, 0.15) is 15.9 Å². The lowest BCUT2D eigenvalue weighted by Gasteiger charge is -2.11. The number of aromatic nitrogens is 1. The zero-order valence-electron chi connectivity index (χ0n) is 15.1. The molecule has 7 heteroatoms. The summed E-state index contributed by atoms with van der Waals surface area (Å²) in [5.74, 6) is 1.12. The summed E-state index contributed by atoms with van der Waals surface area (Å²) in [6.07, 6.45) is 0. The zero-order valence-corrected chi connectivity index (χ0v) is 15.9. The van der Waals surface area contributed by atoms with E-state index < -0.39 is 5.97 Å². The molecule has 0 unspecified atom stereocenters. The molecule has 0 aliphatic carbocycles. The number of carbonyl (C=O) groups excluding carboxylic acids is 1. The van der Waals surface area contributed by atoms with Gasteiger partial charge in [-0.2, -0.15) is 0 Å². The van der Waals surface area contributed by atoms with Crippen LogP contribution in [0.3, 0.4) is 0 Å². The van der Waals surface area contributed by atoms with Crippen LogP contribution in [0.25, 0.3) is 10.9 Å². The third-order valence-corrected chi connectivity index (χ3v) is 4.37. The van der Waals surface area contributed by atoms with Gasteiger partial charge in [-0.3, -0.25) is 0 Å². The van der Waals surface area contributed by atoms with Gasteiger partial charge in [-0.25, -0.2) is 9.78 Å². The highest BCUT2D eigenvalue weighted by Crippen LogP contribution is 2.27.